The minimum atomic E-state index is -8.43. The van der Waals surface area contributed by atoms with Crippen LogP contribution in [0.3, 0.4) is 0 Å². The number of likely N-dealkylation sites (N-methyl/N-ethyl adjacent to an activating group) is 1. The van der Waals surface area contributed by atoms with E-state index in [0.29, 0.717) is 18.4 Å². The second-order valence-corrected chi connectivity index (χ2v) is 21.9. The van der Waals surface area contributed by atoms with Crippen LogP contribution in [0.25, 0.3) is 0 Å². The largest absolute Gasteiger partial charge is 0.384 e. The standard InChI is InChI=1S/C49H75F16NO3/c1-31(2)15-14-16-32(3)37-19-20-38-36-18-17-33-27-35(21-23-41(33,4)39(36)22-24-42(37,38)5)69-26-13-11-9-8-10-12-25-67-28-34(66(6)7)29-68-30-43(52,53)45(56,57)47(60,61)49(64,65)48(62,63)46(58,59)44(54,55)40(50)51/h17,31-32,34-40H,8-16,18-30H2,1-7H3/t32-,34+,35+,36+,37-,38+,39+,41+,42-/m1/s1. The molecule has 0 aromatic heterocycles. The van der Waals surface area contributed by atoms with E-state index in [4.69, 9.17) is 9.47 Å². The third kappa shape index (κ3) is 12.0. The number of nitrogens with zero attached hydrogens (tertiary/aromatic N) is 1. The Labute approximate surface area is 397 Å². The van der Waals surface area contributed by atoms with Crippen molar-refractivity contribution in [2.45, 2.75) is 204 Å². The molecule has 20 heteroatoms. The first-order valence-electron chi connectivity index (χ1n) is 24.7. The maximum atomic E-state index is 14.3. The molecule has 0 amide bonds. The summed E-state index contributed by atoms with van der Waals surface area (Å²) in [6, 6.07) is -1.04. The van der Waals surface area contributed by atoms with E-state index in [2.05, 4.69) is 45.4 Å². The molecule has 0 radical (unpaired) electrons. The van der Waals surface area contributed by atoms with Crippen LogP contribution in [0.15, 0.2) is 11.6 Å². The molecule has 0 N–H and O–H groups in total. The van der Waals surface area contributed by atoms with Crippen molar-refractivity contribution in [3.63, 3.8) is 0 Å². The number of hydrogen-bond donors (Lipinski definition) is 0. The first kappa shape index (κ1) is 60.0. The fraction of sp³-hybridized carbons (Fsp3) is 0.959. The third-order valence-electron chi connectivity index (χ3n) is 16.7. The van der Waals surface area contributed by atoms with Gasteiger partial charge in [-0.1, -0.05) is 91.2 Å². The Bertz CT molecular complexity index is 1650. The van der Waals surface area contributed by atoms with Gasteiger partial charge >= 0.3 is 47.9 Å². The van der Waals surface area contributed by atoms with E-state index in [-0.39, 0.29) is 24.7 Å². The highest BCUT2D eigenvalue weighted by molar-refractivity contribution is 5.25. The molecule has 3 saturated carbocycles. The molecule has 0 saturated heterocycles. The highest BCUT2D eigenvalue weighted by atomic mass is 19.4. The van der Waals surface area contributed by atoms with Crippen LogP contribution in [-0.2, 0) is 14.2 Å². The minimum Gasteiger partial charge on any atom is -0.380 e. The predicted molar refractivity (Wildman–Crippen MR) is 230 cm³/mol. The van der Waals surface area contributed by atoms with Crippen molar-refractivity contribution in [3.05, 3.63) is 11.6 Å². The monoisotopic (exact) mass is 1030 g/mol. The van der Waals surface area contributed by atoms with Gasteiger partial charge in [0, 0.05) is 13.2 Å². The number of unbranched alkanes of at least 4 members (excludes halogenated alkanes) is 5. The lowest BCUT2D eigenvalue weighted by Crippen LogP contribution is -2.74. The van der Waals surface area contributed by atoms with E-state index >= 15 is 0 Å². The predicted octanol–water partition coefficient (Wildman–Crippen LogP) is 15.4. The van der Waals surface area contributed by atoms with Gasteiger partial charge in [0.2, 0.25) is 0 Å². The van der Waals surface area contributed by atoms with Crippen molar-refractivity contribution in [1.82, 2.24) is 4.90 Å². The van der Waals surface area contributed by atoms with Crippen LogP contribution in [0.1, 0.15) is 144 Å². The number of fused-ring (bicyclic) bond motifs is 5. The number of hydrogen-bond acceptors (Lipinski definition) is 4. The Morgan fingerprint density at radius 3 is 1.80 bits per heavy atom. The van der Waals surface area contributed by atoms with Crippen LogP contribution in [0.4, 0.5) is 70.2 Å². The van der Waals surface area contributed by atoms with Crippen LogP contribution < -0.4 is 0 Å². The maximum Gasteiger partial charge on any atom is 0.384 e. The lowest BCUT2D eigenvalue weighted by atomic mass is 9.47. The van der Waals surface area contributed by atoms with Crippen molar-refractivity contribution >= 4 is 0 Å². The Morgan fingerprint density at radius 1 is 0.638 bits per heavy atom. The molecule has 406 valence electrons. The van der Waals surface area contributed by atoms with Crippen LogP contribution in [0.5, 0.6) is 0 Å². The summed E-state index contributed by atoms with van der Waals surface area (Å²) in [5.41, 5.74) is 2.31. The zero-order chi connectivity index (χ0) is 52.2. The van der Waals surface area contributed by atoms with E-state index in [9.17, 15) is 70.2 Å². The quantitative estimate of drug-likeness (QED) is 0.0424. The Kier molecular flexibility index (Phi) is 19.9. The summed E-state index contributed by atoms with van der Waals surface area (Å²) in [6.45, 7) is 8.97. The summed E-state index contributed by atoms with van der Waals surface area (Å²) in [4.78, 5) is 1.27. The average molecular weight is 1030 g/mol. The van der Waals surface area contributed by atoms with E-state index in [1.807, 2.05) is 0 Å². The topological polar surface area (TPSA) is 30.9 Å². The second-order valence-electron chi connectivity index (χ2n) is 21.9. The Morgan fingerprint density at radius 2 is 1.20 bits per heavy atom. The summed E-state index contributed by atoms with van der Waals surface area (Å²) >= 11 is 0. The van der Waals surface area contributed by atoms with Crippen molar-refractivity contribution < 1.29 is 84.5 Å². The molecule has 0 heterocycles. The second kappa shape index (κ2) is 22.9. The molecular formula is C49H75F16NO3. The van der Waals surface area contributed by atoms with Gasteiger partial charge in [-0.05, 0) is 125 Å². The van der Waals surface area contributed by atoms with Gasteiger partial charge in [-0.25, -0.2) is 8.78 Å². The molecule has 4 nitrogen and oxygen atoms in total. The molecular weight excluding hydrogens is 955 g/mol. The molecule has 0 aliphatic heterocycles. The third-order valence-corrected chi connectivity index (χ3v) is 16.7. The van der Waals surface area contributed by atoms with Gasteiger partial charge < -0.3 is 19.1 Å². The van der Waals surface area contributed by atoms with Crippen molar-refractivity contribution in [2.75, 3.05) is 47.1 Å². The summed E-state index contributed by atoms with van der Waals surface area (Å²) in [6.07, 6.45) is 15.7. The van der Waals surface area contributed by atoms with Crippen molar-refractivity contribution in [2.24, 2.45) is 46.3 Å². The molecule has 0 unspecified atom stereocenters. The van der Waals surface area contributed by atoms with Crippen molar-refractivity contribution in [1.29, 1.82) is 0 Å². The zero-order valence-electron chi connectivity index (χ0n) is 41.0. The van der Waals surface area contributed by atoms with Crippen molar-refractivity contribution in [3.8, 4) is 0 Å². The smallest absolute Gasteiger partial charge is 0.380 e. The van der Waals surface area contributed by atoms with Gasteiger partial charge in [-0.15, -0.1) is 0 Å². The molecule has 69 heavy (non-hydrogen) atoms. The molecule has 0 bridgehead atoms. The molecule has 4 aliphatic carbocycles. The van der Waals surface area contributed by atoms with Gasteiger partial charge in [-0.3, -0.25) is 0 Å². The lowest BCUT2D eigenvalue weighted by Gasteiger charge is -2.58. The molecule has 0 spiro atoms. The van der Waals surface area contributed by atoms with Gasteiger partial charge in [0.05, 0.1) is 25.4 Å². The number of rotatable bonds is 29. The van der Waals surface area contributed by atoms with Gasteiger partial charge in [-0.2, -0.15) is 61.5 Å². The number of allylic oxidation sites excluding steroid dienone is 1. The van der Waals surface area contributed by atoms with Gasteiger partial charge in [0.1, 0.15) is 6.61 Å². The van der Waals surface area contributed by atoms with Gasteiger partial charge in [0.25, 0.3) is 0 Å². The SMILES string of the molecule is CC(C)CCC[C@@H](C)[C@H]1CC[C@H]2[C@@H]3CC=C4C[C@@H](OCCCCCCCCOC[C@@H](COCC(F)(F)C(F)(F)C(F)(F)C(F)(F)C(F)(F)C(F)(F)C(F)(F)C(F)F)N(C)C)CC[C@]4(C)[C@H]3CC[C@]12C. The Hall–Kier alpha value is -1.54. The number of alkyl halides is 16. The van der Waals surface area contributed by atoms with Crippen LogP contribution >= 0.6 is 0 Å². The molecule has 0 aromatic rings. The summed E-state index contributed by atoms with van der Waals surface area (Å²) in [5.74, 6) is -50.1. The minimum absolute atomic E-state index is 0.156. The lowest BCUT2D eigenvalue weighted by molar-refractivity contribution is -0.448. The summed E-state index contributed by atoms with van der Waals surface area (Å²) in [5, 5.41) is 0. The van der Waals surface area contributed by atoms with Crippen LogP contribution in [-0.4, -0.2) is 112 Å². The van der Waals surface area contributed by atoms with Gasteiger partial charge in [0.15, 0.2) is 0 Å². The van der Waals surface area contributed by atoms with Crippen LogP contribution in [0, 0.1) is 46.3 Å². The maximum absolute atomic E-state index is 14.3. The zero-order valence-corrected chi connectivity index (χ0v) is 41.0. The molecule has 9 atom stereocenters. The number of ether oxygens (including phenoxy) is 3. The Balaban J connectivity index is 1.12. The van der Waals surface area contributed by atoms with E-state index in [1.165, 1.54) is 70.4 Å². The average Bonchev–Trinajstić information content (AvgIpc) is 3.61. The van der Waals surface area contributed by atoms with E-state index in [1.54, 1.807) is 5.57 Å². The molecule has 0 aromatic carbocycles. The normalized spacial score (nSPS) is 28.5. The highest BCUT2D eigenvalue weighted by Crippen LogP contribution is 2.68. The molecule has 4 aliphatic rings. The van der Waals surface area contributed by atoms with E-state index in [0.717, 1.165) is 86.9 Å². The molecule has 4 rings (SSSR count). The van der Waals surface area contributed by atoms with Crippen LogP contribution in [0.2, 0.25) is 0 Å². The highest BCUT2D eigenvalue weighted by Gasteiger charge is 2.93. The fourth-order valence-corrected chi connectivity index (χ4v) is 12.2. The summed E-state index contributed by atoms with van der Waals surface area (Å²) in [7, 11) is 2.69. The fourth-order valence-electron chi connectivity index (χ4n) is 12.2. The molecule has 3 fully saturated rings. The first-order valence-corrected chi connectivity index (χ1v) is 24.7. The first-order chi connectivity index (χ1) is 31.7. The number of halogens is 16. The summed E-state index contributed by atoms with van der Waals surface area (Å²) < 4.78 is 235. The van der Waals surface area contributed by atoms with E-state index < -0.39 is 67.1 Å².